The van der Waals surface area contributed by atoms with Gasteiger partial charge in [0.2, 0.25) is 0 Å². The molecule has 20 heavy (non-hydrogen) atoms. The van der Waals surface area contributed by atoms with Gasteiger partial charge in [-0.25, -0.2) is 8.78 Å². The molecule has 1 amide bonds. The molecule has 1 saturated carbocycles. The summed E-state index contributed by atoms with van der Waals surface area (Å²) in [7, 11) is 0. The summed E-state index contributed by atoms with van der Waals surface area (Å²) in [5.74, 6) is -0.868. The summed E-state index contributed by atoms with van der Waals surface area (Å²) in [5.41, 5.74) is 4.90. The largest absolute Gasteiger partial charge is 0.382 e. The molecule has 2 aliphatic rings. The topological polar surface area (TPSA) is 55.1 Å². The Morgan fingerprint density at radius 1 is 1.25 bits per heavy atom. The van der Waals surface area contributed by atoms with Crippen molar-refractivity contribution in [1.82, 2.24) is 0 Å². The van der Waals surface area contributed by atoms with Gasteiger partial charge in [0.05, 0.1) is 11.3 Å². The number of halogens is 2. The minimum Gasteiger partial charge on any atom is -0.382 e. The van der Waals surface area contributed by atoms with Crippen LogP contribution in [-0.2, 0) is 0 Å². The van der Waals surface area contributed by atoms with Crippen LogP contribution in [-0.4, -0.2) is 12.5 Å². The molecule has 0 aromatic heterocycles. The molecule has 0 heterocycles. The minimum absolute atomic E-state index is 0.131. The second-order valence-corrected chi connectivity index (χ2v) is 5.60. The van der Waals surface area contributed by atoms with Crippen LogP contribution in [0, 0.1) is 29.4 Å². The number of hydrogen-bond donors (Lipinski definition) is 2. The fraction of sp³-hybridized carbons (Fsp3) is 0.400. The Kier molecular flexibility index (Phi) is 3.20. The lowest BCUT2D eigenvalue weighted by molar-refractivity contribution is 0.0996. The summed E-state index contributed by atoms with van der Waals surface area (Å²) in [6.07, 6.45) is 6.73. The van der Waals surface area contributed by atoms with E-state index in [2.05, 4.69) is 17.5 Å². The number of nitrogens with one attached hydrogen (secondary N) is 1. The summed E-state index contributed by atoms with van der Waals surface area (Å²) in [6.45, 7) is 0.617. The van der Waals surface area contributed by atoms with Crippen molar-refractivity contribution >= 4 is 11.6 Å². The molecule has 1 aromatic rings. The summed E-state index contributed by atoms with van der Waals surface area (Å²) < 4.78 is 27.1. The summed E-state index contributed by atoms with van der Waals surface area (Å²) in [4.78, 5) is 11.1. The van der Waals surface area contributed by atoms with E-state index in [-0.39, 0.29) is 11.3 Å². The molecule has 0 spiro atoms. The first kappa shape index (κ1) is 13.1. The maximum absolute atomic E-state index is 13.7. The highest BCUT2D eigenvalue weighted by Gasteiger charge is 2.35. The molecule has 3 N–H and O–H groups in total. The van der Waals surface area contributed by atoms with Gasteiger partial charge >= 0.3 is 0 Å². The van der Waals surface area contributed by atoms with E-state index in [0.717, 1.165) is 12.5 Å². The highest BCUT2D eigenvalue weighted by Crippen LogP contribution is 2.43. The monoisotopic (exact) mass is 278 g/mol. The van der Waals surface area contributed by atoms with Gasteiger partial charge in [-0.15, -0.1) is 0 Å². The first-order valence-corrected chi connectivity index (χ1v) is 6.75. The second-order valence-electron chi connectivity index (χ2n) is 5.60. The molecule has 3 rings (SSSR count). The number of carbonyl (C=O) groups is 1. The van der Waals surface area contributed by atoms with E-state index >= 15 is 0 Å². The smallest absolute Gasteiger partial charge is 0.251 e. The van der Waals surface area contributed by atoms with Gasteiger partial charge in [-0.3, -0.25) is 4.79 Å². The number of benzene rings is 1. The van der Waals surface area contributed by atoms with Crippen LogP contribution in [0.3, 0.4) is 0 Å². The molecular weight excluding hydrogens is 262 g/mol. The van der Waals surface area contributed by atoms with E-state index in [4.69, 9.17) is 5.73 Å². The molecule has 2 bridgehead atoms. The van der Waals surface area contributed by atoms with Gasteiger partial charge in [0.15, 0.2) is 0 Å². The van der Waals surface area contributed by atoms with Crippen molar-refractivity contribution in [3.8, 4) is 0 Å². The molecular formula is C15H16F2N2O. The van der Waals surface area contributed by atoms with Crippen LogP contribution in [0.5, 0.6) is 0 Å². The molecule has 3 atom stereocenters. The molecule has 0 radical (unpaired) electrons. The van der Waals surface area contributed by atoms with Crippen LogP contribution >= 0.6 is 0 Å². The highest BCUT2D eigenvalue weighted by molar-refractivity contribution is 5.94. The van der Waals surface area contributed by atoms with E-state index in [1.54, 1.807) is 0 Å². The lowest BCUT2D eigenvalue weighted by Crippen LogP contribution is -2.20. The lowest BCUT2D eigenvalue weighted by Gasteiger charge is -2.19. The van der Waals surface area contributed by atoms with Gasteiger partial charge in [0.25, 0.3) is 5.91 Å². The Morgan fingerprint density at radius 3 is 2.65 bits per heavy atom. The van der Waals surface area contributed by atoms with E-state index in [1.807, 2.05) is 0 Å². The van der Waals surface area contributed by atoms with E-state index in [9.17, 15) is 13.6 Å². The lowest BCUT2D eigenvalue weighted by atomic mass is 9.93. The number of hydrogen-bond acceptors (Lipinski definition) is 2. The van der Waals surface area contributed by atoms with E-state index < -0.39 is 17.5 Å². The normalized spacial score (nSPS) is 27.0. The molecule has 2 aliphatic carbocycles. The van der Waals surface area contributed by atoms with Gasteiger partial charge < -0.3 is 11.1 Å². The number of nitrogens with two attached hydrogens (primary N) is 1. The van der Waals surface area contributed by atoms with Crippen molar-refractivity contribution in [2.75, 3.05) is 11.9 Å². The summed E-state index contributed by atoms with van der Waals surface area (Å²) in [6, 6.07) is 1.85. The second kappa shape index (κ2) is 4.89. The highest BCUT2D eigenvalue weighted by atomic mass is 19.1. The predicted octanol–water partition coefficient (Wildman–Crippen LogP) is 2.69. The molecule has 0 aliphatic heterocycles. The maximum Gasteiger partial charge on any atom is 0.251 e. The molecule has 0 saturated heterocycles. The zero-order valence-corrected chi connectivity index (χ0v) is 10.9. The van der Waals surface area contributed by atoms with Crippen LogP contribution in [0.2, 0.25) is 0 Å². The third-order valence-corrected chi connectivity index (χ3v) is 4.29. The number of amides is 1. The van der Waals surface area contributed by atoms with Crippen molar-refractivity contribution in [3.05, 3.63) is 41.5 Å². The average molecular weight is 278 g/mol. The van der Waals surface area contributed by atoms with Crippen molar-refractivity contribution in [3.63, 3.8) is 0 Å². The van der Waals surface area contributed by atoms with Gasteiger partial charge in [-0.1, -0.05) is 12.2 Å². The molecule has 1 fully saturated rings. The number of allylic oxidation sites excluding steroid dienone is 2. The first-order chi connectivity index (χ1) is 9.54. The average Bonchev–Trinajstić information content (AvgIpc) is 2.99. The van der Waals surface area contributed by atoms with Crippen LogP contribution in [0.1, 0.15) is 23.2 Å². The van der Waals surface area contributed by atoms with Crippen LogP contribution in [0.25, 0.3) is 0 Å². The number of fused-ring (bicyclic) bond motifs is 2. The van der Waals surface area contributed by atoms with Gasteiger partial charge in [0.1, 0.15) is 11.6 Å². The summed E-state index contributed by atoms with van der Waals surface area (Å²) >= 11 is 0. The Morgan fingerprint density at radius 2 is 2.05 bits per heavy atom. The third-order valence-electron chi connectivity index (χ3n) is 4.29. The number of carbonyl (C=O) groups excluding carboxylic acids is 1. The van der Waals surface area contributed by atoms with Crippen LogP contribution < -0.4 is 11.1 Å². The van der Waals surface area contributed by atoms with Gasteiger partial charge in [0, 0.05) is 12.6 Å². The van der Waals surface area contributed by atoms with Crippen molar-refractivity contribution in [1.29, 1.82) is 0 Å². The van der Waals surface area contributed by atoms with Gasteiger partial charge in [-0.2, -0.15) is 0 Å². The SMILES string of the molecule is NC(=O)c1cc(NCC2CC3C=CC2C3)c(F)cc1F. The summed E-state index contributed by atoms with van der Waals surface area (Å²) in [5, 5.41) is 2.98. The molecule has 106 valence electrons. The Balaban J connectivity index is 1.72. The number of rotatable bonds is 4. The Hall–Kier alpha value is -1.91. The Labute approximate surface area is 115 Å². The maximum atomic E-state index is 13.7. The van der Waals surface area contributed by atoms with Crippen molar-refractivity contribution < 1.29 is 13.6 Å². The van der Waals surface area contributed by atoms with Crippen LogP contribution in [0.4, 0.5) is 14.5 Å². The first-order valence-electron chi connectivity index (χ1n) is 6.75. The van der Waals surface area contributed by atoms with E-state index in [0.29, 0.717) is 30.4 Å². The standard InChI is InChI=1S/C15H16F2N2O/c16-12-6-13(17)14(5-11(12)15(18)20)19-7-10-4-8-1-2-9(10)3-8/h1-2,5-6,8-10,19H,3-4,7H2,(H2,18,20). The quantitative estimate of drug-likeness (QED) is 0.832. The number of anilines is 1. The third kappa shape index (κ3) is 2.28. The minimum atomic E-state index is -0.927. The zero-order chi connectivity index (χ0) is 14.3. The molecule has 5 heteroatoms. The fourth-order valence-electron chi connectivity index (χ4n) is 3.24. The number of primary amides is 1. The fourth-order valence-corrected chi connectivity index (χ4v) is 3.24. The zero-order valence-electron chi connectivity index (χ0n) is 10.9. The van der Waals surface area contributed by atoms with E-state index in [1.165, 1.54) is 6.42 Å². The predicted molar refractivity (Wildman–Crippen MR) is 72.2 cm³/mol. The molecule has 1 aromatic carbocycles. The van der Waals surface area contributed by atoms with Gasteiger partial charge in [-0.05, 0) is 36.7 Å². The van der Waals surface area contributed by atoms with Crippen molar-refractivity contribution in [2.45, 2.75) is 12.8 Å². The van der Waals surface area contributed by atoms with Crippen molar-refractivity contribution in [2.24, 2.45) is 23.5 Å². The Bertz CT molecular complexity index is 585. The van der Waals surface area contributed by atoms with Crippen LogP contribution in [0.15, 0.2) is 24.3 Å². The molecule has 3 unspecified atom stereocenters. The molecule has 3 nitrogen and oxygen atoms in total.